The van der Waals surface area contributed by atoms with Crippen LogP contribution in [-0.4, -0.2) is 45.7 Å². The van der Waals surface area contributed by atoms with Crippen molar-refractivity contribution in [2.45, 2.75) is 38.8 Å². The molecule has 1 unspecified atom stereocenters. The zero-order chi connectivity index (χ0) is 14.7. The minimum atomic E-state index is -1.08. The average Bonchev–Trinajstić information content (AvgIpc) is 2.87. The van der Waals surface area contributed by atoms with Crippen LogP contribution >= 0.6 is 0 Å². The number of esters is 1. The van der Waals surface area contributed by atoms with Crippen molar-refractivity contribution in [3.63, 3.8) is 0 Å². The van der Waals surface area contributed by atoms with Gasteiger partial charge in [-0.05, 0) is 26.7 Å². The Balaban J connectivity index is 2.14. The zero-order valence-corrected chi connectivity index (χ0v) is 11.4. The van der Waals surface area contributed by atoms with E-state index in [1.165, 1.54) is 12.4 Å². The van der Waals surface area contributed by atoms with Crippen LogP contribution in [0.5, 0.6) is 0 Å². The molecule has 1 aliphatic rings. The summed E-state index contributed by atoms with van der Waals surface area (Å²) >= 11 is 0. The van der Waals surface area contributed by atoms with Gasteiger partial charge >= 0.3 is 11.9 Å². The van der Waals surface area contributed by atoms with Crippen molar-refractivity contribution >= 4 is 17.9 Å². The fraction of sp³-hybridized carbons (Fsp3) is 0.538. The Morgan fingerprint density at radius 2 is 2.05 bits per heavy atom. The molecule has 0 saturated carbocycles. The highest BCUT2D eigenvalue weighted by atomic mass is 16.5. The Hall–Kier alpha value is -2.18. The summed E-state index contributed by atoms with van der Waals surface area (Å²) in [6.07, 6.45) is 3.86. The fourth-order valence-electron chi connectivity index (χ4n) is 2.14. The first-order valence-electron chi connectivity index (χ1n) is 6.51. The first kappa shape index (κ1) is 14.2. The van der Waals surface area contributed by atoms with Crippen LogP contribution in [0.2, 0.25) is 0 Å². The first-order valence-corrected chi connectivity index (χ1v) is 6.51. The van der Waals surface area contributed by atoms with E-state index in [-0.39, 0.29) is 17.6 Å². The third kappa shape index (κ3) is 3.04. The SMILES string of the molecule is CC(C)OC(=O)C1CCCN1c1ncc(C(=O)O)cn1. The normalized spacial score (nSPS) is 18.4. The Labute approximate surface area is 116 Å². The lowest BCUT2D eigenvalue weighted by molar-refractivity contribution is -0.148. The van der Waals surface area contributed by atoms with Gasteiger partial charge in [0.25, 0.3) is 0 Å². The van der Waals surface area contributed by atoms with Crippen molar-refractivity contribution in [3.05, 3.63) is 18.0 Å². The molecule has 0 radical (unpaired) electrons. The Kier molecular flexibility index (Phi) is 4.16. The number of rotatable bonds is 4. The number of hydrogen-bond donors (Lipinski definition) is 1. The van der Waals surface area contributed by atoms with Gasteiger partial charge in [0.15, 0.2) is 0 Å². The van der Waals surface area contributed by atoms with Crippen LogP contribution in [0.3, 0.4) is 0 Å². The van der Waals surface area contributed by atoms with E-state index in [9.17, 15) is 9.59 Å². The molecule has 1 aliphatic heterocycles. The molecule has 1 fully saturated rings. The molecule has 20 heavy (non-hydrogen) atoms. The van der Waals surface area contributed by atoms with Gasteiger partial charge < -0.3 is 14.7 Å². The molecule has 7 nitrogen and oxygen atoms in total. The number of carbonyl (C=O) groups excluding carboxylic acids is 1. The molecule has 1 saturated heterocycles. The Morgan fingerprint density at radius 3 is 2.60 bits per heavy atom. The van der Waals surface area contributed by atoms with Gasteiger partial charge in [-0.25, -0.2) is 19.6 Å². The Morgan fingerprint density at radius 1 is 1.40 bits per heavy atom. The van der Waals surface area contributed by atoms with E-state index in [0.717, 1.165) is 6.42 Å². The van der Waals surface area contributed by atoms with Crippen molar-refractivity contribution in [3.8, 4) is 0 Å². The molecular formula is C13H17N3O4. The molecule has 0 aliphatic carbocycles. The van der Waals surface area contributed by atoms with E-state index in [1.807, 2.05) is 0 Å². The van der Waals surface area contributed by atoms with Crippen LogP contribution in [0.4, 0.5) is 5.95 Å². The predicted molar refractivity (Wildman–Crippen MR) is 70.6 cm³/mol. The average molecular weight is 279 g/mol. The van der Waals surface area contributed by atoms with Crippen LogP contribution in [-0.2, 0) is 9.53 Å². The largest absolute Gasteiger partial charge is 0.478 e. The van der Waals surface area contributed by atoms with E-state index in [4.69, 9.17) is 9.84 Å². The molecule has 2 heterocycles. The minimum Gasteiger partial charge on any atom is -0.478 e. The number of ether oxygens (including phenoxy) is 1. The third-order valence-corrected chi connectivity index (χ3v) is 3.02. The van der Waals surface area contributed by atoms with Gasteiger partial charge in [0.1, 0.15) is 6.04 Å². The van der Waals surface area contributed by atoms with E-state index in [0.29, 0.717) is 18.9 Å². The van der Waals surface area contributed by atoms with Crippen LogP contribution in [0, 0.1) is 0 Å². The number of hydrogen-bond acceptors (Lipinski definition) is 6. The summed E-state index contributed by atoms with van der Waals surface area (Å²) in [5, 5.41) is 8.81. The summed E-state index contributed by atoms with van der Waals surface area (Å²) in [4.78, 5) is 32.6. The summed E-state index contributed by atoms with van der Waals surface area (Å²) < 4.78 is 5.22. The van der Waals surface area contributed by atoms with Gasteiger partial charge in [-0.2, -0.15) is 0 Å². The maximum Gasteiger partial charge on any atom is 0.338 e. The second-order valence-corrected chi connectivity index (χ2v) is 4.91. The molecule has 1 atom stereocenters. The van der Waals surface area contributed by atoms with Crippen LogP contribution < -0.4 is 4.90 Å². The van der Waals surface area contributed by atoms with Gasteiger partial charge in [0.05, 0.1) is 11.7 Å². The number of aromatic nitrogens is 2. The van der Waals surface area contributed by atoms with E-state index in [1.54, 1.807) is 18.7 Å². The summed E-state index contributed by atoms with van der Waals surface area (Å²) in [5.41, 5.74) is 0.0225. The second kappa shape index (κ2) is 5.85. The number of aromatic carboxylic acids is 1. The highest BCUT2D eigenvalue weighted by Crippen LogP contribution is 2.23. The lowest BCUT2D eigenvalue weighted by Gasteiger charge is -2.23. The monoisotopic (exact) mass is 279 g/mol. The number of anilines is 1. The number of carboxylic acids is 1. The summed E-state index contributed by atoms with van der Waals surface area (Å²) in [6.45, 7) is 4.26. The van der Waals surface area contributed by atoms with Crippen molar-refractivity contribution in [1.82, 2.24) is 9.97 Å². The lowest BCUT2D eigenvalue weighted by Crippen LogP contribution is -2.39. The highest BCUT2D eigenvalue weighted by Gasteiger charge is 2.34. The molecule has 2 rings (SSSR count). The summed E-state index contributed by atoms with van der Waals surface area (Å²) in [5.74, 6) is -1.00. The minimum absolute atomic E-state index is 0.0225. The molecule has 0 bridgehead atoms. The summed E-state index contributed by atoms with van der Waals surface area (Å²) in [6, 6.07) is -0.395. The van der Waals surface area contributed by atoms with Crippen LogP contribution in [0.15, 0.2) is 12.4 Å². The van der Waals surface area contributed by atoms with Gasteiger partial charge in [-0.3, -0.25) is 0 Å². The van der Waals surface area contributed by atoms with Crippen molar-refractivity contribution in [1.29, 1.82) is 0 Å². The molecule has 0 spiro atoms. The summed E-state index contributed by atoms with van der Waals surface area (Å²) in [7, 11) is 0. The zero-order valence-electron chi connectivity index (χ0n) is 11.4. The molecule has 0 amide bonds. The molecule has 0 aromatic carbocycles. The second-order valence-electron chi connectivity index (χ2n) is 4.91. The third-order valence-electron chi connectivity index (χ3n) is 3.02. The lowest BCUT2D eigenvalue weighted by atomic mass is 10.2. The van der Waals surface area contributed by atoms with Crippen LogP contribution in [0.1, 0.15) is 37.0 Å². The van der Waals surface area contributed by atoms with Crippen molar-refractivity contribution < 1.29 is 19.4 Å². The molecule has 108 valence electrons. The fourth-order valence-corrected chi connectivity index (χ4v) is 2.14. The molecule has 7 heteroatoms. The first-order chi connectivity index (χ1) is 9.49. The highest BCUT2D eigenvalue weighted by molar-refractivity contribution is 5.87. The maximum atomic E-state index is 12.0. The van der Waals surface area contributed by atoms with E-state index in [2.05, 4.69) is 9.97 Å². The van der Waals surface area contributed by atoms with Gasteiger partial charge in [0.2, 0.25) is 5.95 Å². The molecule has 1 N–H and O–H groups in total. The standard InChI is InChI=1S/C13H17N3O4/c1-8(2)20-12(19)10-4-3-5-16(10)13-14-6-9(7-15-13)11(17)18/h6-8,10H,3-5H2,1-2H3,(H,17,18). The maximum absolute atomic E-state index is 12.0. The van der Waals surface area contributed by atoms with Crippen LogP contribution in [0.25, 0.3) is 0 Å². The number of carbonyl (C=O) groups is 2. The van der Waals surface area contributed by atoms with E-state index < -0.39 is 12.0 Å². The van der Waals surface area contributed by atoms with Crippen molar-refractivity contribution in [2.75, 3.05) is 11.4 Å². The topological polar surface area (TPSA) is 92.6 Å². The van der Waals surface area contributed by atoms with Gasteiger partial charge in [-0.15, -0.1) is 0 Å². The number of carboxylic acid groups (broad SMARTS) is 1. The quantitative estimate of drug-likeness (QED) is 0.825. The number of nitrogens with zero attached hydrogens (tertiary/aromatic N) is 3. The van der Waals surface area contributed by atoms with Crippen molar-refractivity contribution in [2.24, 2.45) is 0 Å². The van der Waals surface area contributed by atoms with Gasteiger partial charge in [0, 0.05) is 18.9 Å². The molecule has 1 aromatic heterocycles. The smallest absolute Gasteiger partial charge is 0.338 e. The molecule has 1 aromatic rings. The molecular weight excluding hydrogens is 262 g/mol. The van der Waals surface area contributed by atoms with Gasteiger partial charge in [-0.1, -0.05) is 0 Å². The predicted octanol–water partition coefficient (Wildman–Crippen LogP) is 1.10. The van der Waals surface area contributed by atoms with E-state index >= 15 is 0 Å². The Bertz CT molecular complexity index is 501.